The lowest BCUT2D eigenvalue weighted by Gasteiger charge is -2.23. The Morgan fingerprint density at radius 3 is 2.29 bits per heavy atom. The minimum absolute atomic E-state index is 0.0667. The first-order valence-corrected chi connectivity index (χ1v) is 5.78. The number of hydrogen-bond acceptors (Lipinski definition) is 5. The van der Waals surface area contributed by atoms with Crippen molar-refractivity contribution in [3.05, 3.63) is 12.2 Å². The molecular weight excluding hydrogens is 224 g/mol. The standard InChI is InChI=1S/C12H16O5/c1-3-16-17-12(14)10-8-5-4-7(6-8)9(10)11(13)15-2/h4-5,7-10H,3,6H2,1-2H3. The van der Waals surface area contributed by atoms with Crippen LogP contribution in [0.15, 0.2) is 12.2 Å². The quantitative estimate of drug-likeness (QED) is 0.318. The maximum absolute atomic E-state index is 11.8. The second kappa shape index (κ2) is 4.87. The van der Waals surface area contributed by atoms with Crippen molar-refractivity contribution in [2.45, 2.75) is 13.3 Å². The molecule has 94 valence electrons. The summed E-state index contributed by atoms with van der Waals surface area (Å²) < 4.78 is 4.75. The summed E-state index contributed by atoms with van der Waals surface area (Å²) in [5, 5.41) is 0. The summed E-state index contributed by atoms with van der Waals surface area (Å²) in [6.07, 6.45) is 4.77. The van der Waals surface area contributed by atoms with Gasteiger partial charge in [0.1, 0.15) is 0 Å². The van der Waals surface area contributed by atoms with Crippen molar-refractivity contribution in [3.8, 4) is 0 Å². The fourth-order valence-corrected chi connectivity index (χ4v) is 2.77. The van der Waals surface area contributed by atoms with Gasteiger partial charge in [0.25, 0.3) is 0 Å². The molecule has 17 heavy (non-hydrogen) atoms. The Morgan fingerprint density at radius 2 is 1.76 bits per heavy atom. The number of carbonyl (C=O) groups excluding carboxylic acids is 2. The van der Waals surface area contributed by atoms with Crippen molar-refractivity contribution in [1.82, 2.24) is 0 Å². The van der Waals surface area contributed by atoms with Gasteiger partial charge in [0.15, 0.2) is 0 Å². The van der Waals surface area contributed by atoms with Gasteiger partial charge >= 0.3 is 11.9 Å². The van der Waals surface area contributed by atoms with Crippen LogP contribution in [0.2, 0.25) is 0 Å². The number of carbonyl (C=O) groups is 2. The lowest BCUT2D eigenvalue weighted by Crippen LogP contribution is -2.35. The first-order chi connectivity index (χ1) is 8.19. The van der Waals surface area contributed by atoms with Crippen LogP contribution in [0.5, 0.6) is 0 Å². The molecule has 4 atom stereocenters. The maximum atomic E-state index is 11.8. The number of rotatable bonds is 4. The first-order valence-electron chi connectivity index (χ1n) is 5.78. The van der Waals surface area contributed by atoms with E-state index in [0.717, 1.165) is 6.42 Å². The highest BCUT2D eigenvalue weighted by molar-refractivity contribution is 5.84. The monoisotopic (exact) mass is 240 g/mol. The lowest BCUT2D eigenvalue weighted by molar-refractivity contribution is -0.275. The predicted molar refractivity (Wildman–Crippen MR) is 57.5 cm³/mol. The summed E-state index contributed by atoms with van der Waals surface area (Å²) in [6, 6.07) is 0. The summed E-state index contributed by atoms with van der Waals surface area (Å²) in [4.78, 5) is 32.8. The van der Waals surface area contributed by atoms with Crippen molar-refractivity contribution in [3.63, 3.8) is 0 Å². The van der Waals surface area contributed by atoms with Crippen LogP contribution in [0.4, 0.5) is 0 Å². The van der Waals surface area contributed by atoms with Crippen LogP contribution < -0.4 is 0 Å². The third-order valence-electron chi connectivity index (χ3n) is 3.46. The highest BCUT2D eigenvalue weighted by Crippen LogP contribution is 2.48. The topological polar surface area (TPSA) is 61.8 Å². The summed E-state index contributed by atoms with van der Waals surface area (Å²) in [5.74, 6) is -1.56. The average Bonchev–Trinajstić information content (AvgIpc) is 2.94. The molecule has 0 amide bonds. The van der Waals surface area contributed by atoms with Crippen LogP contribution in [0.3, 0.4) is 0 Å². The molecule has 0 spiro atoms. The van der Waals surface area contributed by atoms with E-state index in [4.69, 9.17) is 4.74 Å². The Morgan fingerprint density at radius 1 is 1.18 bits per heavy atom. The van der Waals surface area contributed by atoms with Crippen LogP contribution in [0.25, 0.3) is 0 Å². The van der Waals surface area contributed by atoms with Crippen LogP contribution in [-0.2, 0) is 24.1 Å². The summed E-state index contributed by atoms with van der Waals surface area (Å²) in [6.45, 7) is 2.02. The zero-order valence-corrected chi connectivity index (χ0v) is 9.92. The molecule has 4 unspecified atom stereocenters. The van der Waals surface area contributed by atoms with Crippen molar-refractivity contribution < 1.29 is 24.1 Å². The highest BCUT2D eigenvalue weighted by atomic mass is 17.2. The lowest BCUT2D eigenvalue weighted by atomic mass is 9.83. The molecule has 2 aliphatic carbocycles. The number of ether oxygens (including phenoxy) is 1. The van der Waals surface area contributed by atoms with E-state index in [0.29, 0.717) is 6.61 Å². The average molecular weight is 240 g/mol. The van der Waals surface area contributed by atoms with E-state index in [1.165, 1.54) is 7.11 Å². The normalized spacial score (nSPS) is 33.8. The van der Waals surface area contributed by atoms with E-state index >= 15 is 0 Å². The van der Waals surface area contributed by atoms with Crippen LogP contribution in [0.1, 0.15) is 13.3 Å². The van der Waals surface area contributed by atoms with Gasteiger partial charge in [0.05, 0.1) is 25.6 Å². The molecule has 2 aliphatic rings. The zero-order chi connectivity index (χ0) is 12.4. The molecular formula is C12H16O5. The van der Waals surface area contributed by atoms with Crippen LogP contribution >= 0.6 is 0 Å². The largest absolute Gasteiger partial charge is 0.469 e. The van der Waals surface area contributed by atoms with Gasteiger partial charge in [-0.1, -0.05) is 12.2 Å². The summed E-state index contributed by atoms with van der Waals surface area (Å²) in [5.41, 5.74) is 0. The van der Waals surface area contributed by atoms with Gasteiger partial charge in [-0.15, -0.1) is 0 Å². The maximum Gasteiger partial charge on any atom is 0.346 e. The smallest absolute Gasteiger partial charge is 0.346 e. The summed E-state index contributed by atoms with van der Waals surface area (Å²) >= 11 is 0. The third-order valence-corrected chi connectivity index (χ3v) is 3.46. The summed E-state index contributed by atoms with van der Waals surface area (Å²) in [7, 11) is 1.34. The molecule has 0 saturated heterocycles. The fourth-order valence-electron chi connectivity index (χ4n) is 2.77. The molecule has 1 fully saturated rings. The molecule has 0 heterocycles. The molecule has 1 saturated carbocycles. The number of hydrogen-bond donors (Lipinski definition) is 0. The van der Waals surface area contributed by atoms with E-state index in [9.17, 15) is 9.59 Å². The highest BCUT2D eigenvalue weighted by Gasteiger charge is 2.53. The van der Waals surface area contributed by atoms with E-state index < -0.39 is 17.8 Å². The van der Waals surface area contributed by atoms with Crippen LogP contribution in [0, 0.1) is 23.7 Å². The number of methoxy groups -OCH3 is 1. The van der Waals surface area contributed by atoms with Gasteiger partial charge in [-0.2, -0.15) is 4.89 Å². The zero-order valence-electron chi connectivity index (χ0n) is 9.92. The minimum Gasteiger partial charge on any atom is -0.469 e. The molecule has 5 heteroatoms. The van der Waals surface area contributed by atoms with E-state index in [2.05, 4.69) is 9.78 Å². The Bertz CT molecular complexity index is 349. The SMILES string of the molecule is CCOOC(=O)C1C2C=CC(C2)C1C(=O)OC. The second-order valence-electron chi connectivity index (χ2n) is 4.33. The van der Waals surface area contributed by atoms with Crippen LogP contribution in [-0.4, -0.2) is 25.7 Å². The molecule has 0 aromatic carbocycles. The van der Waals surface area contributed by atoms with Crippen molar-refractivity contribution in [2.24, 2.45) is 23.7 Å². The number of esters is 1. The predicted octanol–water partition coefficient (Wildman–Crippen LogP) is 1.09. The third kappa shape index (κ3) is 2.07. The van der Waals surface area contributed by atoms with Gasteiger partial charge in [-0.3, -0.25) is 9.68 Å². The van der Waals surface area contributed by atoms with Gasteiger partial charge in [0, 0.05) is 0 Å². The number of fused-ring (bicyclic) bond motifs is 2. The molecule has 2 rings (SSSR count). The van der Waals surface area contributed by atoms with E-state index in [-0.39, 0.29) is 17.8 Å². The van der Waals surface area contributed by atoms with E-state index in [1.54, 1.807) is 6.92 Å². The van der Waals surface area contributed by atoms with Gasteiger partial charge in [0.2, 0.25) is 0 Å². The van der Waals surface area contributed by atoms with Gasteiger partial charge in [-0.05, 0) is 25.2 Å². The molecule has 0 aromatic rings. The molecule has 0 N–H and O–H groups in total. The number of allylic oxidation sites excluding steroid dienone is 2. The molecule has 0 radical (unpaired) electrons. The Labute approximate surface area is 99.6 Å². The Hall–Kier alpha value is -1.36. The Kier molecular flexibility index (Phi) is 3.47. The molecule has 0 aliphatic heterocycles. The molecule has 0 aromatic heterocycles. The van der Waals surface area contributed by atoms with Crippen molar-refractivity contribution in [2.75, 3.05) is 13.7 Å². The van der Waals surface area contributed by atoms with Crippen molar-refractivity contribution >= 4 is 11.9 Å². The fraction of sp³-hybridized carbons (Fsp3) is 0.667. The van der Waals surface area contributed by atoms with Gasteiger partial charge < -0.3 is 4.74 Å². The molecule has 2 bridgehead atoms. The Balaban J connectivity index is 2.11. The van der Waals surface area contributed by atoms with Gasteiger partial charge in [-0.25, -0.2) is 4.79 Å². The second-order valence-corrected chi connectivity index (χ2v) is 4.33. The van der Waals surface area contributed by atoms with E-state index in [1.807, 2.05) is 12.2 Å². The van der Waals surface area contributed by atoms with Crippen molar-refractivity contribution in [1.29, 1.82) is 0 Å². The molecule has 5 nitrogen and oxygen atoms in total. The first kappa shape index (κ1) is 12.1. The minimum atomic E-state index is -0.473.